The average Bonchev–Trinajstić information content (AvgIpc) is 3.25. The maximum Gasteiger partial charge on any atom is 0.319 e. The molecule has 0 fully saturated rings. The molecule has 30 heavy (non-hydrogen) atoms. The van der Waals surface area contributed by atoms with E-state index in [-0.39, 0.29) is 6.03 Å². The maximum atomic E-state index is 11.5. The van der Waals surface area contributed by atoms with Crippen molar-refractivity contribution in [2.24, 2.45) is 4.99 Å². The number of hydrogen-bond donors (Lipinski definition) is 3. The number of nitrogens with zero attached hydrogens (tertiary/aromatic N) is 3. The minimum Gasteiger partial charge on any atom is -0.338 e. The van der Waals surface area contributed by atoms with Crippen molar-refractivity contribution in [3.8, 4) is 22.8 Å². The second-order valence-corrected chi connectivity index (χ2v) is 6.54. The van der Waals surface area contributed by atoms with Crippen molar-refractivity contribution in [3.05, 3.63) is 78.9 Å². The van der Waals surface area contributed by atoms with Gasteiger partial charge < -0.3 is 15.6 Å². The molecule has 3 N–H and O–H groups in total. The van der Waals surface area contributed by atoms with Gasteiger partial charge in [0, 0.05) is 30.9 Å². The van der Waals surface area contributed by atoms with Crippen LogP contribution in [0.2, 0.25) is 0 Å². The molecular formula is C23H24N6O. The summed E-state index contributed by atoms with van der Waals surface area (Å²) in [6, 6.07) is 13.5. The third-order valence-corrected chi connectivity index (χ3v) is 4.18. The highest BCUT2D eigenvalue weighted by Gasteiger charge is 2.08. The van der Waals surface area contributed by atoms with Crippen LogP contribution in [0.15, 0.2) is 78.3 Å². The predicted octanol–water partition coefficient (Wildman–Crippen LogP) is 4.40. The largest absolute Gasteiger partial charge is 0.338 e. The summed E-state index contributed by atoms with van der Waals surface area (Å²) in [4.78, 5) is 27.9. The van der Waals surface area contributed by atoms with E-state index in [9.17, 15) is 4.79 Å². The van der Waals surface area contributed by atoms with Gasteiger partial charge in [-0.05, 0) is 42.7 Å². The fraction of sp³-hybridized carbons (Fsp3) is 0.130. The average molecular weight is 400 g/mol. The number of aliphatic imine (C=N–C) groups is 1. The van der Waals surface area contributed by atoms with Crippen molar-refractivity contribution >= 4 is 17.8 Å². The van der Waals surface area contributed by atoms with Crippen LogP contribution in [0, 0.1) is 0 Å². The second kappa shape index (κ2) is 9.97. The van der Waals surface area contributed by atoms with Gasteiger partial charge in [0.1, 0.15) is 5.69 Å². The van der Waals surface area contributed by atoms with Gasteiger partial charge in [0.05, 0.1) is 11.9 Å². The lowest BCUT2D eigenvalue weighted by atomic mass is 10.1. The number of benzene rings is 1. The lowest BCUT2D eigenvalue weighted by Crippen LogP contribution is -2.33. The van der Waals surface area contributed by atoms with Crippen molar-refractivity contribution in [2.75, 3.05) is 6.54 Å². The Balaban J connectivity index is 1.70. The number of nitrogens with one attached hydrogen (secondary N) is 3. The first-order valence-corrected chi connectivity index (χ1v) is 9.57. The fourth-order valence-electron chi connectivity index (χ4n) is 2.71. The SMILES string of the molecule is C=C(C=N/C=C(\C)NC(=O)NCC)c1ccnc(-c2ncc(-c3ccccc3)[nH]2)c1. The Morgan fingerprint density at radius 3 is 2.80 bits per heavy atom. The van der Waals surface area contributed by atoms with Crippen LogP contribution in [-0.2, 0) is 0 Å². The number of urea groups is 1. The Labute approximate surface area is 175 Å². The van der Waals surface area contributed by atoms with Gasteiger partial charge in [-0.1, -0.05) is 36.9 Å². The molecule has 0 aliphatic rings. The molecule has 0 spiro atoms. The van der Waals surface area contributed by atoms with Crippen LogP contribution >= 0.6 is 0 Å². The molecule has 7 heteroatoms. The molecular weight excluding hydrogens is 376 g/mol. The quantitative estimate of drug-likeness (QED) is 0.513. The van der Waals surface area contributed by atoms with Gasteiger partial charge in [-0.3, -0.25) is 9.98 Å². The zero-order chi connectivity index (χ0) is 21.3. The van der Waals surface area contributed by atoms with Gasteiger partial charge in [-0.2, -0.15) is 0 Å². The van der Waals surface area contributed by atoms with E-state index >= 15 is 0 Å². The maximum absolute atomic E-state index is 11.5. The first-order chi connectivity index (χ1) is 14.6. The Kier molecular flexibility index (Phi) is 6.89. The summed E-state index contributed by atoms with van der Waals surface area (Å²) in [5.74, 6) is 0.683. The first-order valence-electron chi connectivity index (χ1n) is 9.57. The van der Waals surface area contributed by atoms with E-state index in [4.69, 9.17) is 0 Å². The van der Waals surface area contributed by atoms with Gasteiger partial charge in [0.25, 0.3) is 0 Å². The monoisotopic (exact) mass is 400 g/mol. The van der Waals surface area contributed by atoms with Crippen LogP contribution in [0.5, 0.6) is 0 Å². The molecule has 0 radical (unpaired) electrons. The van der Waals surface area contributed by atoms with Crippen molar-refractivity contribution in [2.45, 2.75) is 13.8 Å². The Bertz CT molecular complexity index is 1080. The number of hydrogen-bond acceptors (Lipinski definition) is 4. The minimum atomic E-state index is -0.257. The van der Waals surface area contributed by atoms with Gasteiger partial charge in [-0.25, -0.2) is 9.78 Å². The van der Waals surface area contributed by atoms with Crippen LogP contribution in [-0.4, -0.2) is 33.7 Å². The number of amides is 2. The van der Waals surface area contributed by atoms with E-state index < -0.39 is 0 Å². The van der Waals surface area contributed by atoms with Gasteiger partial charge in [0.15, 0.2) is 5.82 Å². The van der Waals surface area contributed by atoms with E-state index in [1.165, 1.54) is 0 Å². The third-order valence-electron chi connectivity index (χ3n) is 4.18. The highest BCUT2D eigenvalue weighted by molar-refractivity contribution is 6.09. The molecule has 3 rings (SSSR count). The zero-order valence-corrected chi connectivity index (χ0v) is 17.0. The molecule has 152 valence electrons. The topological polar surface area (TPSA) is 95.1 Å². The minimum absolute atomic E-state index is 0.257. The van der Waals surface area contributed by atoms with E-state index in [1.807, 2.05) is 49.4 Å². The summed E-state index contributed by atoms with van der Waals surface area (Å²) in [6.45, 7) is 8.25. The number of aromatic nitrogens is 3. The molecule has 0 saturated heterocycles. The Morgan fingerprint density at radius 1 is 1.23 bits per heavy atom. The van der Waals surface area contributed by atoms with Crippen molar-refractivity contribution in [1.29, 1.82) is 0 Å². The van der Waals surface area contributed by atoms with Crippen LogP contribution < -0.4 is 10.6 Å². The molecule has 0 aliphatic carbocycles. The molecule has 0 aliphatic heterocycles. The van der Waals surface area contributed by atoms with Gasteiger partial charge >= 0.3 is 6.03 Å². The normalized spacial score (nSPS) is 11.5. The van der Waals surface area contributed by atoms with Crippen molar-refractivity contribution in [1.82, 2.24) is 25.6 Å². The molecule has 2 aromatic heterocycles. The Morgan fingerprint density at radius 2 is 2.03 bits per heavy atom. The molecule has 3 aromatic rings. The number of allylic oxidation sites excluding steroid dienone is 2. The van der Waals surface area contributed by atoms with Crippen LogP contribution in [0.1, 0.15) is 19.4 Å². The smallest absolute Gasteiger partial charge is 0.319 e. The molecule has 0 atom stereocenters. The molecule has 0 saturated carbocycles. The van der Waals surface area contributed by atoms with E-state index in [2.05, 4.69) is 37.2 Å². The lowest BCUT2D eigenvalue weighted by Gasteiger charge is -2.04. The van der Waals surface area contributed by atoms with E-state index in [0.29, 0.717) is 23.8 Å². The number of pyridine rings is 1. The molecule has 0 unspecified atom stereocenters. The fourth-order valence-corrected chi connectivity index (χ4v) is 2.71. The number of carbonyl (C=O) groups excluding carboxylic acids is 1. The van der Waals surface area contributed by atoms with Crippen molar-refractivity contribution < 1.29 is 4.79 Å². The Hall–Kier alpha value is -4.00. The number of rotatable bonds is 7. The standard InChI is InChI=1S/C23H24N6O/c1-4-25-23(30)28-17(3)14-24-13-16(2)19-10-11-26-20(12-19)22-27-15-21(29-22)18-8-6-5-7-9-18/h5-15H,2,4H2,1,3H3,(H,27,29)(H2,25,28,30)/b17-14+,24-13?. The summed E-state index contributed by atoms with van der Waals surface area (Å²) < 4.78 is 0. The van der Waals surface area contributed by atoms with Gasteiger partial charge in [0.2, 0.25) is 0 Å². The highest BCUT2D eigenvalue weighted by atomic mass is 16.2. The molecule has 0 bridgehead atoms. The molecule has 7 nitrogen and oxygen atoms in total. The molecule has 1 aromatic carbocycles. The summed E-state index contributed by atoms with van der Waals surface area (Å²) in [7, 11) is 0. The molecule has 2 amide bonds. The summed E-state index contributed by atoms with van der Waals surface area (Å²) in [5.41, 5.74) is 4.93. The van der Waals surface area contributed by atoms with E-state index in [1.54, 1.807) is 31.7 Å². The number of carbonyl (C=O) groups is 1. The van der Waals surface area contributed by atoms with Crippen LogP contribution in [0.3, 0.4) is 0 Å². The van der Waals surface area contributed by atoms with Crippen LogP contribution in [0.25, 0.3) is 28.3 Å². The second-order valence-electron chi connectivity index (χ2n) is 6.54. The van der Waals surface area contributed by atoms with E-state index in [0.717, 1.165) is 22.4 Å². The molecule has 2 heterocycles. The summed E-state index contributed by atoms with van der Waals surface area (Å²) >= 11 is 0. The van der Waals surface area contributed by atoms with Crippen LogP contribution in [0.4, 0.5) is 4.79 Å². The number of imidazole rings is 1. The van der Waals surface area contributed by atoms with Gasteiger partial charge in [-0.15, -0.1) is 0 Å². The highest BCUT2D eigenvalue weighted by Crippen LogP contribution is 2.22. The predicted molar refractivity (Wildman–Crippen MR) is 121 cm³/mol. The van der Waals surface area contributed by atoms with Crippen molar-refractivity contribution in [3.63, 3.8) is 0 Å². The lowest BCUT2D eigenvalue weighted by molar-refractivity contribution is 0.244. The zero-order valence-electron chi connectivity index (χ0n) is 17.0. The number of aromatic amines is 1. The third kappa shape index (κ3) is 5.51. The number of H-pyrrole nitrogens is 1. The first kappa shape index (κ1) is 20.7. The summed E-state index contributed by atoms with van der Waals surface area (Å²) in [5, 5.41) is 5.35. The summed E-state index contributed by atoms with van der Waals surface area (Å²) in [6.07, 6.45) is 6.72.